The maximum absolute atomic E-state index is 5.50. The lowest BCUT2D eigenvalue weighted by atomic mass is 10.1. The Morgan fingerprint density at radius 2 is 1.94 bits per heavy atom. The molecule has 5 heteroatoms. The molecule has 2 fully saturated rings. The minimum Gasteiger partial charge on any atom is -0.408 e. The van der Waals surface area contributed by atoms with Crippen molar-refractivity contribution in [3.05, 3.63) is 5.89 Å². The van der Waals surface area contributed by atoms with Gasteiger partial charge in [-0.1, -0.05) is 5.10 Å². The van der Waals surface area contributed by atoms with Crippen LogP contribution in [0, 0.1) is 11.8 Å². The van der Waals surface area contributed by atoms with Crippen LogP contribution >= 0.6 is 0 Å². The molecule has 0 radical (unpaired) electrons. The molecule has 0 spiro atoms. The molecule has 3 N–H and O–H groups in total. The summed E-state index contributed by atoms with van der Waals surface area (Å²) in [5.41, 5.74) is 5.44. The minimum absolute atomic E-state index is 0.552. The van der Waals surface area contributed by atoms with Gasteiger partial charge in [0.15, 0.2) is 0 Å². The topological polar surface area (TPSA) is 77.0 Å². The van der Waals surface area contributed by atoms with Crippen LogP contribution in [0.25, 0.3) is 0 Å². The average molecular weight is 222 g/mol. The first-order valence-electron chi connectivity index (χ1n) is 6.16. The number of nitrogens with one attached hydrogen (secondary N) is 1. The molecule has 2 aliphatic carbocycles. The molecule has 16 heavy (non-hydrogen) atoms. The Hall–Kier alpha value is -1.10. The Labute approximate surface area is 94.8 Å². The highest BCUT2D eigenvalue weighted by molar-refractivity contribution is 5.23. The van der Waals surface area contributed by atoms with E-state index in [0.717, 1.165) is 11.8 Å². The van der Waals surface area contributed by atoms with Crippen molar-refractivity contribution >= 4 is 6.01 Å². The van der Waals surface area contributed by atoms with Crippen molar-refractivity contribution in [2.45, 2.75) is 38.1 Å². The molecule has 3 rings (SSSR count). The van der Waals surface area contributed by atoms with E-state index in [1.165, 1.54) is 25.7 Å². The number of nitrogens with two attached hydrogens (primary N) is 1. The number of aromatic nitrogens is 2. The first-order valence-corrected chi connectivity index (χ1v) is 6.16. The summed E-state index contributed by atoms with van der Waals surface area (Å²) in [5, 5.41) is 11.4. The Balaban J connectivity index is 1.62. The van der Waals surface area contributed by atoms with Crippen LogP contribution in [0.2, 0.25) is 0 Å². The van der Waals surface area contributed by atoms with Crippen LogP contribution in [-0.2, 0) is 6.42 Å². The third kappa shape index (κ3) is 2.19. The Kier molecular flexibility index (Phi) is 2.55. The third-order valence-electron chi connectivity index (χ3n) is 3.37. The van der Waals surface area contributed by atoms with Gasteiger partial charge in [-0.15, -0.1) is 5.10 Å². The zero-order chi connectivity index (χ0) is 11.0. The highest BCUT2D eigenvalue weighted by Crippen LogP contribution is 2.45. The predicted molar refractivity (Wildman–Crippen MR) is 59.9 cm³/mol. The Morgan fingerprint density at radius 1 is 1.25 bits per heavy atom. The van der Waals surface area contributed by atoms with Crippen molar-refractivity contribution in [1.29, 1.82) is 0 Å². The van der Waals surface area contributed by atoms with Gasteiger partial charge in [0.1, 0.15) is 0 Å². The van der Waals surface area contributed by atoms with Crippen molar-refractivity contribution < 1.29 is 4.42 Å². The van der Waals surface area contributed by atoms with Crippen LogP contribution in [0.1, 0.15) is 31.6 Å². The van der Waals surface area contributed by atoms with Crippen molar-refractivity contribution in [1.82, 2.24) is 10.2 Å². The van der Waals surface area contributed by atoms with E-state index in [9.17, 15) is 0 Å². The fourth-order valence-electron chi connectivity index (χ4n) is 2.21. The van der Waals surface area contributed by atoms with E-state index in [0.29, 0.717) is 30.9 Å². The second kappa shape index (κ2) is 4.05. The van der Waals surface area contributed by atoms with Gasteiger partial charge in [0, 0.05) is 19.0 Å². The predicted octanol–water partition coefficient (Wildman–Crippen LogP) is 1.17. The number of rotatable bonds is 6. The van der Waals surface area contributed by atoms with E-state index in [1.54, 1.807) is 0 Å². The summed E-state index contributed by atoms with van der Waals surface area (Å²) in [6.07, 6.45) is 6.04. The molecule has 88 valence electrons. The minimum atomic E-state index is 0.552. The zero-order valence-electron chi connectivity index (χ0n) is 9.35. The van der Waals surface area contributed by atoms with Crippen LogP contribution in [-0.4, -0.2) is 22.8 Å². The summed E-state index contributed by atoms with van der Waals surface area (Å²) in [7, 11) is 0. The maximum atomic E-state index is 5.50. The summed E-state index contributed by atoms with van der Waals surface area (Å²) in [6.45, 7) is 0.552. The summed E-state index contributed by atoms with van der Waals surface area (Å²) in [6, 6.07) is 1.14. The van der Waals surface area contributed by atoms with Crippen molar-refractivity contribution in [3.8, 4) is 0 Å². The molecule has 1 aromatic heterocycles. The molecule has 1 aromatic rings. The van der Waals surface area contributed by atoms with Crippen LogP contribution in [0.15, 0.2) is 4.42 Å². The van der Waals surface area contributed by atoms with E-state index in [-0.39, 0.29) is 0 Å². The summed E-state index contributed by atoms with van der Waals surface area (Å²) in [4.78, 5) is 0. The molecular weight excluding hydrogens is 204 g/mol. The number of hydrogen-bond acceptors (Lipinski definition) is 5. The largest absolute Gasteiger partial charge is 0.408 e. The van der Waals surface area contributed by atoms with Crippen molar-refractivity contribution in [2.24, 2.45) is 17.6 Å². The standard InChI is InChI=1S/C11H18N4O/c12-6-5-9-14-15-11(16-9)13-10(7-1-2-7)8-3-4-8/h7-8,10H,1-6,12H2,(H,13,15). The molecule has 5 nitrogen and oxygen atoms in total. The maximum Gasteiger partial charge on any atom is 0.315 e. The van der Waals surface area contributed by atoms with Gasteiger partial charge in [0.05, 0.1) is 0 Å². The SMILES string of the molecule is NCCc1nnc(NC(C2CC2)C2CC2)o1. The molecule has 0 bridgehead atoms. The molecule has 0 atom stereocenters. The second-order valence-corrected chi connectivity index (χ2v) is 4.88. The van der Waals surface area contributed by atoms with Gasteiger partial charge in [-0.05, 0) is 37.5 Å². The van der Waals surface area contributed by atoms with E-state index in [2.05, 4.69) is 15.5 Å². The quantitative estimate of drug-likeness (QED) is 0.755. The first kappa shape index (κ1) is 10.1. The molecule has 0 saturated heterocycles. The van der Waals surface area contributed by atoms with Crippen LogP contribution in [0.5, 0.6) is 0 Å². The van der Waals surface area contributed by atoms with Crippen LogP contribution in [0.4, 0.5) is 6.01 Å². The zero-order valence-corrected chi connectivity index (χ0v) is 9.35. The van der Waals surface area contributed by atoms with E-state index >= 15 is 0 Å². The average Bonchev–Trinajstić information content (AvgIpc) is 3.17. The van der Waals surface area contributed by atoms with Gasteiger partial charge in [-0.3, -0.25) is 0 Å². The van der Waals surface area contributed by atoms with E-state index < -0.39 is 0 Å². The fraction of sp³-hybridized carbons (Fsp3) is 0.818. The third-order valence-corrected chi connectivity index (χ3v) is 3.37. The summed E-state index contributed by atoms with van der Waals surface area (Å²) < 4.78 is 5.50. The number of nitrogens with zero attached hydrogens (tertiary/aromatic N) is 2. The van der Waals surface area contributed by atoms with Gasteiger partial charge in [-0.2, -0.15) is 0 Å². The highest BCUT2D eigenvalue weighted by Gasteiger charge is 2.42. The van der Waals surface area contributed by atoms with E-state index in [1.807, 2.05) is 0 Å². The molecule has 0 aliphatic heterocycles. The van der Waals surface area contributed by atoms with Crippen LogP contribution in [0.3, 0.4) is 0 Å². The van der Waals surface area contributed by atoms with Gasteiger partial charge in [0.25, 0.3) is 0 Å². The lowest BCUT2D eigenvalue weighted by Gasteiger charge is -2.15. The summed E-state index contributed by atoms with van der Waals surface area (Å²) >= 11 is 0. The normalized spacial score (nSPS) is 20.4. The Morgan fingerprint density at radius 3 is 2.50 bits per heavy atom. The molecule has 0 unspecified atom stereocenters. The van der Waals surface area contributed by atoms with Gasteiger partial charge in [0.2, 0.25) is 5.89 Å². The molecule has 0 amide bonds. The lowest BCUT2D eigenvalue weighted by Crippen LogP contribution is -2.24. The molecule has 2 aliphatic rings. The van der Waals surface area contributed by atoms with Gasteiger partial charge < -0.3 is 15.5 Å². The Bertz CT molecular complexity index is 345. The van der Waals surface area contributed by atoms with Crippen LogP contribution < -0.4 is 11.1 Å². The van der Waals surface area contributed by atoms with Gasteiger partial charge in [-0.25, -0.2) is 0 Å². The van der Waals surface area contributed by atoms with Crippen molar-refractivity contribution in [3.63, 3.8) is 0 Å². The smallest absolute Gasteiger partial charge is 0.315 e. The summed E-state index contributed by atoms with van der Waals surface area (Å²) in [5.74, 6) is 2.30. The molecule has 0 aromatic carbocycles. The second-order valence-electron chi connectivity index (χ2n) is 4.88. The van der Waals surface area contributed by atoms with E-state index in [4.69, 9.17) is 10.2 Å². The molecular formula is C11H18N4O. The highest BCUT2D eigenvalue weighted by atomic mass is 16.4. The van der Waals surface area contributed by atoms with Gasteiger partial charge >= 0.3 is 6.01 Å². The van der Waals surface area contributed by atoms with Crippen molar-refractivity contribution in [2.75, 3.05) is 11.9 Å². The lowest BCUT2D eigenvalue weighted by molar-refractivity contribution is 0.481. The number of hydrogen-bond donors (Lipinski definition) is 2. The molecule has 2 saturated carbocycles. The molecule has 1 heterocycles. The monoisotopic (exact) mass is 222 g/mol. The fourth-order valence-corrected chi connectivity index (χ4v) is 2.21. The first-order chi connectivity index (χ1) is 7.86. The number of anilines is 1.